The van der Waals surface area contributed by atoms with Crippen LogP contribution in [0.4, 0.5) is 4.79 Å². The van der Waals surface area contributed by atoms with Crippen molar-refractivity contribution < 1.29 is 38.1 Å². The molecule has 0 aliphatic carbocycles. The number of hydrogen-bond acceptors (Lipinski definition) is 10. The van der Waals surface area contributed by atoms with Crippen LogP contribution in [0.25, 0.3) is 0 Å². The molecular weight excluding hydrogens is 614 g/mol. The van der Waals surface area contributed by atoms with E-state index in [1.807, 2.05) is 42.1 Å². The van der Waals surface area contributed by atoms with Gasteiger partial charge in [0.2, 0.25) is 11.8 Å². The first-order chi connectivity index (χ1) is 22.5. The maximum atomic E-state index is 12.4. The second-order valence-corrected chi connectivity index (χ2v) is 12.5. The van der Waals surface area contributed by atoms with Crippen molar-refractivity contribution in [2.24, 2.45) is 0 Å². The van der Waals surface area contributed by atoms with Gasteiger partial charge in [-0.25, -0.2) is 4.79 Å². The normalized spacial score (nSPS) is 19.2. The molecule has 46 heavy (non-hydrogen) atoms. The summed E-state index contributed by atoms with van der Waals surface area (Å²) in [5.41, 5.74) is 0.894. The van der Waals surface area contributed by atoms with Crippen LogP contribution in [0.1, 0.15) is 50.5 Å². The van der Waals surface area contributed by atoms with Crippen LogP contribution in [0.15, 0.2) is 30.3 Å². The predicted octanol–water partition coefficient (Wildman–Crippen LogP) is 1.50. The SMILES string of the molecule is CN[C@H](CC(=O)OCc1ccccc1)C(=O)NCCCOCCOCCOCCCNC(=O)CCCC[C@@H]1SC[C@@H]2NC(=O)N[C@@H]21. The van der Waals surface area contributed by atoms with Crippen LogP contribution >= 0.6 is 11.8 Å². The zero-order chi connectivity index (χ0) is 32.8. The van der Waals surface area contributed by atoms with Gasteiger partial charge < -0.3 is 45.5 Å². The standard InChI is InChI=1S/C32H51N5O8S/c1-33-25(21-29(39)45-22-24-9-3-2-4-10-24)31(40)35-14-8-16-43-18-20-44-19-17-42-15-7-13-34-28(38)12-6-5-11-27-30-26(23-46-27)36-32(41)37-30/h2-4,9-10,25-27,30,33H,5-8,11-23H2,1H3,(H,34,38)(H,35,40)(H2,36,37,41)/t25-,26+,27+,30+/m1/s1. The van der Waals surface area contributed by atoms with Crippen LogP contribution in [0, 0.1) is 0 Å². The molecule has 2 fully saturated rings. The van der Waals surface area contributed by atoms with Gasteiger partial charge in [0.25, 0.3) is 0 Å². The molecule has 0 aromatic heterocycles. The lowest BCUT2D eigenvalue weighted by Gasteiger charge is -2.16. The molecule has 1 aromatic carbocycles. The Morgan fingerprint density at radius 3 is 2.26 bits per heavy atom. The highest BCUT2D eigenvalue weighted by Crippen LogP contribution is 2.33. The molecule has 0 unspecified atom stereocenters. The van der Waals surface area contributed by atoms with E-state index >= 15 is 0 Å². The maximum absolute atomic E-state index is 12.4. The number of thioether (sulfide) groups is 1. The molecule has 4 amide bonds. The molecule has 258 valence electrons. The Kier molecular flexibility index (Phi) is 18.4. The van der Waals surface area contributed by atoms with Gasteiger partial charge in [-0.15, -0.1) is 0 Å². The van der Waals surface area contributed by atoms with Gasteiger partial charge in [0.05, 0.1) is 51.0 Å². The van der Waals surface area contributed by atoms with Gasteiger partial charge in [0, 0.05) is 43.7 Å². The molecule has 2 aliphatic heterocycles. The second kappa shape index (κ2) is 22.6. The third-order valence-corrected chi connectivity index (χ3v) is 9.16. The number of unbranched alkanes of at least 4 members (excludes halogenated alkanes) is 1. The van der Waals surface area contributed by atoms with Crippen molar-refractivity contribution in [1.29, 1.82) is 0 Å². The molecule has 13 nitrogen and oxygen atoms in total. The van der Waals surface area contributed by atoms with Crippen LogP contribution in [0.5, 0.6) is 0 Å². The van der Waals surface area contributed by atoms with Gasteiger partial charge in [-0.1, -0.05) is 36.8 Å². The minimum absolute atomic E-state index is 0.0482. The van der Waals surface area contributed by atoms with Crippen molar-refractivity contribution in [3.8, 4) is 0 Å². The first-order valence-electron chi connectivity index (χ1n) is 16.3. The molecule has 2 heterocycles. The molecule has 2 aliphatic rings. The van der Waals surface area contributed by atoms with Gasteiger partial charge in [0.1, 0.15) is 6.61 Å². The molecule has 14 heteroatoms. The monoisotopic (exact) mass is 665 g/mol. The van der Waals surface area contributed by atoms with Crippen LogP contribution in [0.2, 0.25) is 0 Å². The van der Waals surface area contributed by atoms with Crippen LogP contribution in [0.3, 0.4) is 0 Å². The van der Waals surface area contributed by atoms with Gasteiger partial charge in [-0.05, 0) is 38.3 Å². The van der Waals surface area contributed by atoms with Crippen molar-refractivity contribution in [1.82, 2.24) is 26.6 Å². The van der Waals surface area contributed by atoms with E-state index in [4.69, 9.17) is 18.9 Å². The molecule has 5 N–H and O–H groups in total. The molecule has 0 saturated carbocycles. The fourth-order valence-electron chi connectivity index (χ4n) is 5.10. The Labute approximate surface area is 276 Å². The molecule has 4 atom stereocenters. The number of hydrogen-bond donors (Lipinski definition) is 5. The molecular formula is C32H51N5O8S. The topological polar surface area (TPSA) is 165 Å². The number of fused-ring (bicyclic) bond motifs is 1. The summed E-state index contributed by atoms with van der Waals surface area (Å²) in [4.78, 5) is 48.0. The number of amides is 4. The van der Waals surface area contributed by atoms with E-state index in [2.05, 4.69) is 26.6 Å². The highest BCUT2D eigenvalue weighted by molar-refractivity contribution is 8.00. The number of urea groups is 1. The number of nitrogens with one attached hydrogen (secondary N) is 5. The molecule has 3 rings (SSSR count). The molecule has 2 saturated heterocycles. The highest BCUT2D eigenvalue weighted by Gasteiger charge is 2.42. The first kappa shape index (κ1) is 37.5. The van der Waals surface area contributed by atoms with E-state index in [1.54, 1.807) is 7.05 Å². The number of likely N-dealkylation sites (N-methyl/N-ethyl adjacent to an activating group) is 1. The van der Waals surface area contributed by atoms with E-state index < -0.39 is 12.0 Å². The van der Waals surface area contributed by atoms with E-state index in [0.717, 1.165) is 37.0 Å². The fourth-order valence-corrected chi connectivity index (χ4v) is 6.65. The quantitative estimate of drug-likeness (QED) is 0.0587. The number of esters is 1. The number of ether oxygens (including phenoxy) is 4. The van der Waals surface area contributed by atoms with E-state index in [9.17, 15) is 19.2 Å². The van der Waals surface area contributed by atoms with Crippen LogP contribution < -0.4 is 26.6 Å². The summed E-state index contributed by atoms with van der Waals surface area (Å²) in [5, 5.41) is 15.0. The van der Waals surface area contributed by atoms with E-state index in [-0.39, 0.29) is 43.0 Å². The zero-order valence-corrected chi connectivity index (χ0v) is 27.7. The Morgan fingerprint density at radius 2 is 1.57 bits per heavy atom. The number of rotatable bonds is 25. The number of carbonyl (C=O) groups excluding carboxylic acids is 4. The average Bonchev–Trinajstić information content (AvgIpc) is 3.62. The van der Waals surface area contributed by atoms with Crippen molar-refractivity contribution in [2.75, 3.05) is 65.5 Å². The summed E-state index contributed by atoms with van der Waals surface area (Å²) in [6.07, 6.45) is 4.69. The molecule has 1 aromatic rings. The Bertz CT molecular complexity index is 1050. The molecule has 0 spiro atoms. The largest absolute Gasteiger partial charge is 0.461 e. The Hall–Kier alpha value is -2.91. The molecule has 0 radical (unpaired) electrons. The van der Waals surface area contributed by atoms with Gasteiger partial charge in [-0.2, -0.15) is 11.8 Å². The Balaban J connectivity index is 1.03. The lowest BCUT2D eigenvalue weighted by molar-refractivity contribution is -0.147. The summed E-state index contributed by atoms with van der Waals surface area (Å²) in [7, 11) is 1.63. The second-order valence-electron chi connectivity index (χ2n) is 11.2. The Morgan fingerprint density at radius 1 is 0.891 bits per heavy atom. The third-order valence-electron chi connectivity index (χ3n) is 7.66. The lowest BCUT2D eigenvalue weighted by Crippen LogP contribution is -2.44. The summed E-state index contributed by atoms with van der Waals surface area (Å²) in [6.45, 7) is 4.07. The summed E-state index contributed by atoms with van der Waals surface area (Å²) in [6, 6.07) is 9.14. The van der Waals surface area contributed by atoms with Crippen LogP contribution in [-0.2, 0) is 39.9 Å². The van der Waals surface area contributed by atoms with Crippen molar-refractivity contribution in [3.63, 3.8) is 0 Å². The van der Waals surface area contributed by atoms with Gasteiger partial charge in [0.15, 0.2) is 0 Å². The van der Waals surface area contributed by atoms with Crippen molar-refractivity contribution >= 4 is 35.6 Å². The van der Waals surface area contributed by atoms with Crippen molar-refractivity contribution in [3.05, 3.63) is 35.9 Å². The molecule has 0 bridgehead atoms. The highest BCUT2D eigenvalue weighted by atomic mass is 32.2. The minimum Gasteiger partial charge on any atom is -0.461 e. The minimum atomic E-state index is -0.661. The summed E-state index contributed by atoms with van der Waals surface area (Å²) < 4.78 is 21.9. The maximum Gasteiger partial charge on any atom is 0.315 e. The third kappa shape index (κ3) is 15.1. The lowest BCUT2D eigenvalue weighted by atomic mass is 10.0. The zero-order valence-electron chi connectivity index (χ0n) is 26.9. The van der Waals surface area contributed by atoms with Crippen LogP contribution in [-0.4, -0.2) is 113 Å². The number of benzene rings is 1. The van der Waals surface area contributed by atoms with Gasteiger partial charge in [-0.3, -0.25) is 14.4 Å². The van der Waals surface area contributed by atoms with Gasteiger partial charge >= 0.3 is 12.0 Å². The average molecular weight is 666 g/mol. The summed E-state index contributed by atoms with van der Waals surface area (Å²) in [5.74, 6) is 0.330. The number of carbonyl (C=O) groups is 4. The summed E-state index contributed by atoms with van der Waals surface area (Å²) >= 11 is 1.90. The first-order valence-corrected chi connectivity index (χ1v) is 17.3. The van der Waals surface area contributed by atoms with E-state index in [0.29, 0.717) is 70.8 Å². The smallest absolute Gasteiger partial charge is 0.315 e. The predicted molar refractivity (Wildman–Crippen MR) is 175 cm³/mol. The van der Waals surface area contributed by atoms with E-state index in [1.165, 1.54) is 0 Å². The van der Waals surface area contributed by atoms with Crippen molar-refractivity contribution in [2.45, 2.75) is 74.9 Å². The fraction of sp³-hybridized carbons (Fsp3) is 0.688.